The van der Waals surface area contributed by atoms with Gasteiger partial charge in [0.15, 0.2) is 0 Å². The van der Waals surface area contributed by atoms with Crippen molar-refractivity contribution in [3.05, 3.63) is 16.8 Å². The first-order valence-corrected chi connectivity index (χ1v) is 9.92. The van der Waals surface area contributed by atoms with E-state index in [2.05, 4.69) is 20.2 Å². The van der Waals surface area contributed by atoms with E-state index < -0.39 is 0 Å². The van der Waals surface area contributed by atoms with Gasteiger partial charge in [0, 0.05) is 29.9 Å². The summed E-state index contributed by atoms with van der Waals surface area (Å²) in [4.78, 5) is 26.4. The van der Waals surface area contributed by atoms with Crippen LogP contribution < -0.4 is 10.2 Å². The molecule has 1 amide bonds. The lowest BCUT2D eigenvalue weighted by molar-refractivity contribution is -0.125. The first-order valence-electron chi connectivity index (χ1n) is 9.10. The molecule has 1 aliphatic heterocycles. The molecular formula is C18H22N4OS. The molecule has 6 heteroatoms. The Bertz CT molecular complexity index is 790. The van der Waals surface area contributed by atoms with E-state index >= 15 is 0 Å². The predicted molar refractivity (Wildman–Crippen MR) is 95.5 cm³/mol. The molecule has 3 aliphatic rings. The van der Waals surface area contributed by atoms with E-state index in [1.807, 2.05) is 11.3 Å². The van der Waals surface area contributed by atoms with Gasteiger partial charge in [0.2, 0.25) is 5.91 Å². The van der Waals surface area contributed by atoms with Crippen LogP contribution in [0, 0.1) is 5.92 Å². The first kappa shape index (κ1) is 14.6. The minimum Gasteiger partial charge on any atom is -0.356 e. The number of piperidine rings is 1. The Morgan fingerprint density at radius 3 is 2.79 bits per heavy atom. The molecule has 0 spiro atoms. The van der Waals surface area contributed by atoms with Gasteiger partial charge in [-0.1, -0.05) is 0 Å². The fraction of sp³-hybridized carbons (Fsp3) is 0.611. The molecule has 0 atom stereocenters. The second kappa shape index (κ2) is 5.69. The highest BCUT2D eigenvalue weighted by Crippen LogP contribution is 2.40. The summed E-state index contributed by atoms with van der Waals surface area (Å²) in [5.41, 5.74) is 1.49. The minimum absolute atomic E-state index is 0.173. The average molecular weight is 342 g/mol. The van der Waals surface area contributed by atoms with Crippen molar-refractivity contribution in [3.63, 3.8) is 0 Å². The Morgan fingerprint density at radius 1 is 1.17 bits per heavy atom. The van der Waals surface area contributed by atoms with Gasteiger partial charge >= 0.3 is 0 Å². The smallest absolute Gasteiger partial charge is 0.223 e. The van der Waals surface area contributed by atoms with Gasteiger partial charge in [0.1, 0.15) is 17.0 Å². The van der Waals surface area contributed by atoms with E-state index in [4.69, 9.17) is 0 Å². The van der Waals surface area contributed by atoms with Crippen molar-refractivity contribution in [2.45, 2.75) is 51.0 Å². The highest BCUT2D eigenvalue weighted by molar-refractivity contribution is 7.19. The number of nitrogens with one attached hydrogen (secondary N) is 1. The SMILES string of the molecule is O=C(NC1CC1)C1CCN(c2ncnc3sc4c(c23)CCC4)CC1. The van der Waals surface area contributed by atoms with Crippen LogP contribution in [0.1, 0.15) is 42.5 Å². The Labute approximate surface area is 145 Å². The number of aryl methyl sites for hydroxylation is 2. The largest absolute Gasteiger partial charge is 0.356 e. The second-order valence-electron chi connectivity index (χ2n) is 7.28. The Kier molecular flexibility index (Phi) is 3.47. The summed E-state index contributed by atoms with van der Waals surface area (Å²) in [6.07, 6.45) is 9.49. The lowest BCUT2D eigenvalue weighted by Gasteiger charge is -2.32. The van der Waals surface area contributed by atoms with Crippen LogP contribution >= 0.6 is 11.3 Å². The topological polar surface area (TPSA) is 58.1 Å². The van der Waals surface area contributed by atoms with Crippen molar-refractivity contribution in [1.29, 1.82) is 0 Å². The highest BCUT2D eigenvalue weighted by atomic mass is 32.1. The van der Waals surface area contributed by atoms with Gasteiger partial charge in [-0.3, -0.25) is 4.79 Å². The van der Waals surface area contributed by atoms with E-state index in [1.54, 1.807) is 6.33 Å². The van der Waals surface area contributed by atoms with Crippen LogP contribution in [0.4, 0.5) is 5.82 Å². The maximum absolute atomic E-state index is 12.3. The zero-order valence-electron chi connectivity index (χ0n) is 13.8. The summed E-state index contributed by atoms with van der Waals surface area (Å²) >= 11 is 1.84. The van der Waals surface area contributed by atoms with Crippen molar-refractivity contribution in [2.24, 2.45) is 5.92 Å². The number of fused-ring (bicyclic) bond motifs is 3. The Balaban J connectivity index is 1.36. The molecule has 2 aromatic heterocycles. The second-order valence-corrected chi connectivity index (χ2v) is 8.36. The third-order valence-electron chi connectivity index (χ3n) is 5.57. The van der Waals surface area contributed by atoms with Gasteiger partial charge in [-0.2, -0.15) is 0 Å². The first-order chi connectivity index (χ1) is 11.8. The van der Waals surface area contributed by atoms with Crippen LogP contribution in [0.2, 0.25) is 0 Å². The van der Waals surface area contributed by atoms with E-state index in [1.165, 1.54) is 28.7 Å². The maximum atomic E-state index is 12.3. The van der Waals surface area contributed by atoms with Crippen LogP contribution in [-0.4, -0.2) is 35.0 Å². The third kappa shape index (κ3) is 2.48. The Hall–Kier alpha value is -1.69. The van der Waals surface area contributed by atoms with Crippen molar-refractivity contribution in [3.8, 4) is 0 Å². The van der Waals surface area contributed by atoms with Crippen LogP contribution in [-0.2, 0) is 17.6 Å². The molecule has 5 nitrogen and oxygen atoms in total. The molecule has 126 valence electrons. The van der Waals surface area contributed by atoms with Gasteiger partial charge in [0.25, 0.3) is 0 Å². The number of hydrogen-bond acceptors (Lipinski definition) is 5. The van der Waals surface area contributed by atoms with Crippen LogP contribution in [0.5, 0.6) is 0 Å². The molecule has 1 saturated carbocycles. The number of rotatable bonds is 3. The zero-order chi connectivity index (χ0) is 16.1. The molecule has 0 unspecified atom stereocenters. The van der Waals surface area contributed by atoms with Crippen molar-refractivity contribution in [1.82, 2.24) is 15.3 Å². The number of anilines is 1. The van der Waals surface area contributed by atoms with E-state index in [0.717, 1.165) is 55.8 Å². The van der Waals surface area contributed by atoms with Crippen molar-refractivity contribution >= 4 is 33.3 Å². The summed E-state index contributed by atoms with van der Waals surface area (Å²) in [6.45, 7) is 1.83. The molecule has 5 rings (SSSR count). The van der Waals surface area contributed by atoms with Crippen molar-refractivity contribution < 1.29 is 4.79 Å². The quantitative estimate of drug-likeness (QED) is 0.932. The monoisotopic (exact) mass is 342 g/mol. The molecule has 0 bridgehead atoms. The lowest BCUT2D eigenvalue weighted by Crippen LogP contribution is -2.41. The van der Waals surface area contributed by atoms with Crippen LogP contribution in [0.15, 0.2) is 6.33 Å². The molecule has 0 aromatic carbocycles. The molecule has 1 N–H and O–H groups in total. The number of amides is 1. The average Bonchev–Trinajstić information content (AvgIpc) is 3.17. The standard InChI is InChI=1S/C18H22N4OS/c23-17(21-12-4-5-12)11-6-8-22(9-7-11)16-15-13-2-1-3-14(13)24-18(15)20-10-19-16/h10-12H,1-9H2,(H,21,23). The predicted octanol–water partition coefficient (Wildman–Crippen LogP) is 2.68. The number of carbonyl (C=O) groups is 1. The molecule has 2 fully saturated rings. The van der Waals surface area contributed by atoms with Gasteiger partial charge in [-0.15, -0.1) is 11.3 Å². The van der Waals surface area contributed by atoms with Crippen LogP contribution in [0.25, 0.3) is 10.2 Å². The van der Waals surface area contributed by atoms with E-state index in [9.17, 15) is 4.79 Å². The lowest BCUT2D eigenvalue weighted by atomic mass is 9.95. The number of hydrogen-bond donors (Lipinski definition) is 1. The normalized spacial score (nSPS) is 21.2. The molecule has 2 aliphatic carbocycles. The van der Waals surface area contributed by atoms with Gasteiger partial charge in [-0.25, -0.2) is 9.97 Å². The summed E-state index contributed by atoms with van der Waals surface area (Å²) in [7, 11) is 0. The molecule has 24 heavy (non-hydrogen) atoms. The summed E-state index contributed by atoms with van der Waals surface area (Å²) in [6, 6.07) is 0.463. The van der Waals surface area contributed by atoms with Gasteiger partial charge in [0.05, 0.1) is 5.39 Å². The Morgan fingerprint density at radius 2 is 2.00 bits per heavy atom. The van der Waals surface area contributed by atoms with Gasteiger partial charge < -0.3 is 10.2 Å². The maximum Gasteiger partial charge on any atom is 0.223 e. The van der Waals surface area contributed by atoms with E-state index in [0.29, 0.717) is 6.04 Å². The molecule has 0 radical (unpaired) electrons. The number of aromatic nitrogens is 2. The van der Waals surface area contributed by atoms with Crippen molar-refractivity contribution in [2.75, 3.05) is 18.0 Å². The molecule has 3 heterocycles. The zero-order valence-corrected chi connectivity index (χ0v) is 14.6. The fourth-order valence-corrected chi connectivity index (χ4v) is 5.28. The highest BCUT2D eigenvalue weighted by Gasteiger charge is 2.31. The van der Waals surface area contributed by atoms with E-state index in [-0.39, 0.29) is 11.8 Å². The van der Waals surface area contributed by atoms with Gasteiger partial charge in [-0.05, 0) is 50.5 Å². The number of thiophene rings is 1. The molecular weight excluding hydrogens is 320 g/mol. The summed E-state index contributed by atoms with van der Waals surface area (Å²) in [5, 5.41) is 4.44. The fourth-order valence-electron chi connectivity index (χ4n) is 4.05. The summed E-state index contributed by atoms with van der Waals surface area (Å²) in [5.74, 6) is 1.54. The number of carbonyl (C=O) groups excluding carboxylic acids is 1. The number of nitrogens with zero attached hydrogens (tertiary/aromatic N) is 3. The molecule has 2 aromatic rings. The third-order valence-corrected chi connectivity index (χ3v) is 6.77. The molecule has 1 saturated heterocycles. The minimum atomic E-state index is 0.173. The summed E-state index contributed by atoms with van der Waals surface area (Å²) < 4.78 is 0. The van der Waals surface area contributed by atoms with Crippen LogP contribution in [0.3, 0.4) is 0 Å².